The van der Waals surface area contributed by atoms with Gasteiger partial charge in [-0.3, -0.25) is 9.78 Å². The maximum absolute atomic E-state index is 11.9. The lowest BCUT2D eigenvalue weighted by atomic mass is 10.2. The Balaban J connectivity index is 1.76. The van der Waals surface area contributed by atoms with Crippen LogP contribution in [0, 0.1) is 5.92 Å². The fourth-order valence-corrected chi connectivity index (χ4v) is 2.02. The molecule has 104 valence electrons. The van der Waals surface area contributed by atoms with Gasteiger partial charge in [-0.05, 0) is 37.3 Å². The highest BCUT2D eigenvalue weighted by Crippen LogP contribution is 2.33. The fraction of sp³-hybridized carbons (Fsp3) is 0.600. The van der Waals surface area contributed by atoms with Gasteiger partial charge in [-0.2, -0.15) is 0 Å². The second-order valence-electron chi connectivity index (χ2n) is 5.20. The lowest BCUT2D eigenvalue weighted by Crippen LogP contribution is -2.25. The van der Waals surface area contributed by atoms with E-state index in [9.17, 15) is 4.79 Å². The van der Waals surface area contributed by atoms with Crippen LogP contribution in [-0.4, -0.2) is 24.0 Å². The third-order valence-electron chi connectivity index (χ3n) is 3.34. The number of pyridine rings is 1. The monoisotopic (exact) mass is 261 g/mol. The Hall–Kier alpha value is -1.58. The lowest BCUT2D eigenvalue weighted by molar-refractivity contribution is 0.0948. The molecule has 1 aromatic heterocycles. The molecular weight excluding hydrogens is 238 g/mol. The van der Waals surface area contributed by atoms with E-state index in [0.717, 1.165) is 37.5 Å². The number of nitrogens with zero attached hydrogens (tertiary/aromatic N) is 1. The largest absolute Gasteiger partial charge is 0.385 e. The number of rotatable bonds is 8. The van der Waals surface area contributed by atoms with Gasteiger partial charge in [-0.15, -0.1) is 0 Å². The van der Waals surface area contributed by atoms with Gasteiger partial charge < -0.3 is 10.6 Å². The third-order valence-corrected chi connectivity index (χ3v) is 3.34. The molecule has 1 amide bonds. The van der Waals surface area contributed by atoms with Crippen molar-refractivity contribution in [3.63, 3.8) is 0 Å². The van der Waals surface area contributed by atoms with Crippen molar-refractivity contribution in [3.8, 4) is 0 Å². The van der Waals surface area contributed by atoms with Crippen LogP contribution in [0.25, 0.3) is 0 Å². The zero-order valence-corrected chi connectivity index (χ0v) is 11.6. The molecule has 4 heteroatoms. The Morgan fingerprint density at radius 1 is 1.42 bits per heavy atom. The minimum absolute atomic E-state index is 0.0732. The van der Waals surface area contributed by atoms with Crippen LogP contribution in [0.1, 0.15) is 49.5 Å². The lowest BCUT2D eigenvalue weighted by Gasteiger charge is -2.07. The topological polar surface area (TPSA) is 54.0 Å². The van der Waals surface area contributed by atoms with Crippen LogP contribution in [0.15, 0.2) is 18.3 Å². The molecule has 2 rings (SSSR count). The number of aromatic nitrogens is 1. The first kappa shape index (κ1) is 13.8. The van der Waals surface area contributed by atoms with Crippen LogP contribution >= 0.6 is 0 Å². The second-order valence-corrected chi connectivity index (χ2v) is 5.20. The molecule has 1 aromatic rings. The number of nitrogens with one attached hydrogen (secondary N) is 2. The van der Waals surface area contributed by atoms with E-state index in [1.54, 1.807) is 6.20 Å². The number of hydrogen-bond acceptors (Lipinski definition) is 3. The summed E-state index contributed by atoms with van der Waals surface area (Å²) < 4.78 is 0. The number of amides is 1. The molecule has 0 aliphatic heterocycles. The van der Waals surface area contributed by atoms with Crippen LogP contribution in [0.4, 0.5) is 5.69 Å². The normalized spacial score (nSPS) is 14.2. The predicted molar refractivity (Wildman–Crippen MR) is 77.3 cm³/mol. The summed E-state index contributed by atoms with van der Waals surface area (Å²) in [5, 5.41) is 6.20. The van der Waals surface area contributed by atoms with E-state index in [1.807, 2.05) is 12.1 Å². The minimum atomic E-state index is -0.0732. The van der Waals surface area contributed by atoms with E-state index < -0.39 is 0 Å². The summed E-state index contributed by atoms with van der Waals surface area (Å²) in [5.74, 6) is 0.854. The third kappa shape index (κ3) is 4.89. The van der Waals surface area contributed by atoms with Crippen molar-refractivity contribution in [3.05, 3.63) is 24.0 Å². The maximum atomic E-state index is 11.9. The second kappa shape index (κ2) is 7.12. The number of anilines is 1. The van der Waals surface area contributed by atoms with Crippen LogP contribution in [-0.2, 0) is 0 Å². The Morgan fingerprint density at radius 2 is 2.26 bits per heavy atom. The van der Waals surface area contributed by atoms with E-state index in [4.69, 9.17) is 0 Å². The van der Waals surface area contributed by atoms with E-state index in [0.29, 0.717) is 5.69 Å². The molecule has 0 atom stereocenters. The summed E-state index contributed by atoms with van der Waals surface area (Å²) in [7, 11) is 0. The maximum Gasteiger partial charge on any atom is 0.269 e. The average Bonchev–Trinajstić information content (AvgIpc) is 3.25. The average molecular weight is 261 g/mol. The highest BCUT2D eigenvalue weighted by Gasteiger charge is 2.20. The van der Waals surface area contributed by atoms with Crippen LogP contribution in [0.3, 0.4) is 0 Å². The quantitative estimate of drug-likeness (QED) is 0.707. The van der Waals surface area contributed by atoms with Crippen LogP contribution in [0.2, 0.25) is 0 Å². The summed E-state index contributed by atoms with van der Waals surface area (Å²) in [6.07, 6.45) is 7.80. The summed E-state index contributed by atoms with van der Waals surface area (Å²) in [6, 6.07) is 3.70. The van der Waals surface area contributed by atoms with Crippen molar-refractivity contribution >= 4 is 11.6 Å². The van der Waals surface area contributed by atoms with Crippen molar-refractivity contribution in [1.82, 2.24) is 10.3 Å². The van der Waals surface area contributed by atoms with Crippen molar-refractivity contribution < 1.29 is 4.79 Å². The van der Waals surface area contributed by atoms with Crippen molar-refractivity contribution in [2.75, 3.05) is 18.4 Å². The molecule has 1 fully saturated rings. The standard InChI is InChI=1S/C15H23N3O/c1-2-8-16-13-7-10-17-14(11-13)15(19)18-9-3-4-12-5-6-12/h7,10-12H,2-6,8-9H2,1H3,(H,16,17)(H,18,19). The van der Waals surface area contributed by atoms with Gasteiger partial charge in [0.05, 0.1) is 0 Å². The Morgan fingerprint density at radius 3 is 3.00 bits per heavy atom. The van der Waals surface area contributed by atoms with Gasteiger partial charge in [0.15, 0.2) is 0 Å². The van der Waals surface area contributed by atoms with Gasteiger partial charge in [0.25, 0.3) is 5.91 Å². The highest BCUT2D eigenvalue weighted by atomic mass is 16.1. The molecule has 0 aromatic carbocycles. The SMILES string of the molecule is CCCNc1ccnc(C(=O)NCCCC2CC2)c1. The fourth-order valence-electron chi connectivity index (χ4n) is 2.02. The van der Waals surface area contributed by atoms with Gasteiger partial charge in [0, 0.05) is 25.0 Å². The molecule has 0 bridgehead atoms. The molecule has 0 radical (unpaired) electrons. The summed E-state index contributed by atoms with van der Waals surface area (Å²) in [4.78, 5) is 16.1. The molecule has 1 aliphatic carbocycles. The number of hydrogen-bond donors (Lipinski definition) is 2. The molecule has 0 spiro atoms. The summed E-state index contributed by atoms with van der Waals surface area (Å²) in [5.41, 5.74) is 1.45. The molecular formula is C15H23N3O. The summed E-state index contributed by atoms with van der Waals surface area (Å²) >= 11 is 0. The first-order valence-electron chi connectivity index (χ1n) is 7.27. The van der Waals surface area contributed by atoms with E-state index in [2.05, 4.69) is 22.5 Å². The van der Waals surface area contributed by atoms with Gasteiger partial charge >= 0.3 is 0 Å². The minimum Gasteiger partial charge on any atom is -0.385 e. The molecule has 4 nitrogen and oxygen atoms in total. The van der Waals surface area contributed by atoms with Gasteiger partial charge in [-0.1, -0.05) is 19.8 Å². The van der Waals surface area contributed by atoms with Crippen molar-refractivity contribution in [2.45, 2.75) is 39.0 Å². The first-order chi connectivity index (χ1) is 9.29. The molecule has 1 heterocycles. The van der Waals surface area contributed by atoms with Crippen molar-refractivity contribution in [2.24, 2.45) is 5.92 Å². The summed E-state index contributed by atoms with van der Waals surface area (Å²) in [6.45, 7) is 3.78. The van der Waals surface area contributed by atoms with E-state index >= 15 is 0 Å². The van der Waals surface area contributed by atoms with E-state index in [-0.39, 0.29) is 5.91 Å². The Kier molecular flexibility index (Phi) is 5.19. The number of carbonyl (C=O) groups is 1. The molecule has 2 N–H and O–H groups in total. The predicted octanol–water partition coefficient (Wildman–Crippen LogP) is 2.82. The Bertz CT molecular complexity index is 416. The molecule has 0 saturated heterocycles. The molecule has 19 heavy (non-hydrogen) atoms. The Labute approximate surface area is 115 Å². The van der Waals surface area contributed by atoms with Gasteiger partial charge in [0.1, 0.15) is 5.69 Å². The van der Waals surface area contributed by atoms with Crippen LogP contribution in [0.5, 0.6) is 0 Å². The first-order valence-corrected chi connectivity index (χ1v) is 7.27. The van der Waals surface area contributed by atoms with Gasteiger partial charge in [0.2, 0.25) is 0 Å². The van der Waals surface area contributed by atoms with Crippen LogP contribution < -0.4 is 10.6 Å². The van der Waals surface area contributed by atoms with Gasteiger partial charge in [-0.25, -0.2) is 0 Å². The smallest absolute Gasteiger partial charge is 0.269 e. The molecule has 1 aliphatic rings. The number of carbonyl (C=O) groups excluding carboxylic acids is 1. The zero-order chi connectivity index (χ0) is 13.5. The molecule has 0 unspecified atom stereocenters. The van der Waals surface area contributed by atoms with E-state index in [1.165, 1.54) is 19.3 Å². The zero-order valence-electron chi connectivity index (χ0n) is 11.6. The highest BCUT2D eigenvalue weighted by molar-refractivity contribution is 5.93. The van der Waals surface area contributed by atoms with Crippen molar-refractivity contribution in [1.29, 1.82) is 0 Å². The molecule has 1 saturated carbocycles.